The second-order valence-corrected chi connectivity index (χ2v) is 7.20. The topological polar surface area (TPSA) is 84.0 Å². The summed E-state index contributed by atoms with van der Waals surface area (Å²) in [6.07, 6.45) is 0.864. The summed E-state index contributed by atoms with van der Waals surface area (Å²) >= 11 is 2.34. The molecule has 1 aromatic heterocycles. The summed E-state index contributed by atoms with van der Waals surface area (Å²) < 4.78 is 13.4. The molecule has 0 aliphatic heterocycles. The Balaban J connectivity index is 1.86. The number of hydrogen-bond acceptors (Lipinski definition) is 6. The van der Waals surface area contributed by atoms with Gasteiger partial charge >= 0.3 is 0 Å². The molecule has 0 bridgehead atoms. The van der Waals surface area contributed by atoms with E-state index in [0.29, 0.717) is 10.0 Å². The average molecular weight is 368 g/mol. The van der Waals surface area contributed by atoms with Gasteiger partial charge in [0.2, 0.25) is 10.9 Å². The quantitative estimate of drug-likeness (QED) is 0.734. The Kier molecular flexibility index (Phi) is 6.68. The maximum absolute atomic E-state index is 12.8. The number of amides is 2. The fraction of sp³-hybridized carbons (Fsp3) is 0.333. The number of benzene rings is 1. The minimum absolute atomic E-state index is 0.0816. The van der Waals surface area contributed by atoms with Crippen LogP contribution in [0.4, 0.5) is 10.1 Å². The van der Waals surface area contributed by atoms with E-state index in [1.54, 1.807) is 0 Å². The van der Waals surface area contributed by atoms with Crippen LogP contribution in [0.2, 0.25) is 0 Å². The van der Waals surface area contributed by atoms with Crippen LogP contribution in [0.5, 0.6) is 0 Å². The molecule has 0 radical (unpaired) electrons. The van der Waals surface area contributed by atoms with Crippen molar-refractivity contribution in [2.45, 2.75) is 30.6 Å². The van der Waals surface area contributed by atoms with Gasteiger partial charge in [-0.2, -0.15) is 0 Å². The maximum atomic E-state index is 12.8. The largest absolute Gasteiger partial charge is 0.353 e. The Bertz CT molecular complexity index is 706. The second-order valence-electron chi connectivity index (χ2n) is 5.00. The Morgan fingerprint density at radius 1 is 1.29 bits per heavy atom. The van der Waals surface area contributed by atoms with Crippen LogP contribution in [0.25, 0.3) is 0 Å². The van der Waals surface area contributed by atoms with Crippen molar-refractivity contribution in [2.75, 3.05) is 11.1 Å². The molecule has 1 heterocycles. The van der Waals surface area contributed by atoms with E-state index in [0.717, 1.165) is 17.8 Å². The number of anilines is 1. The van der Waals surface area contributed by atoms with Crippen LogP contribution in [-0.4, -0.2) is 33.8 Å². The summed E-state index contributed by atoms with van der Waals surface area (Å²) in [6.45, 7) is 3.93. The van der Waals surface area contributed by atoms with Crippen LogP contribution in [0, 0.1) is 5.82 Å². The summed E-state index contributed by atoms with van der Waals surface area (Å²) in [5.74, 6) is -0.659. The zero-order valence-electron chi connectivity index (χ0n) is 13.2. The lowest BCUT2D eigenvalue weighted by molar-refractivity contribution is -0.119. The highest BCUT2D eigenvalue weighted by Crippen LogP contribution is 2.23. The average Bonchev–Trinajstić information content (AvgIpc) is 3.04. The number of hydrogen-bond donors (Lipinski definition) is 2. The van der Waals surface area contributed by atoms with E-state index < -0.39 is 5.91 Å². The number of carbonyl (C=O) groups excluding carboxylic acids is 2. The third-order valence-electron chi connectivity index (χ3n) is 3.05. The number of thioether (sulfide) groups is 1. The summed E-state index contributed by atoms with van der Waals surface area (Å²) in [7, 11) is 0. The van der Waals surface area contributed by atoms with Crippen molar-refractivity contribution in [3.05, 3.63) is 35.1 Å². The molecule has 9 heteroatoms. The summed E-state index contributed by atoms with van der Waals surface area (Å²) in [4.78, 5) is 23.8. The van der Waals surface area contributed by atoms with Crippen LogP contribution in [-0.2, 0) is 4.79 Å². The monoisotopic (exact) mass is 368 g/mol. The van der Waals surface area contributed by atoms with Gasteiger partial charge in [0.15, 0.2) is 4.34 Å². The van der Waals surface area contributed by atoms with Crippen LogP contribution in [0.3, 0.4) is 0 Å². The number of carbonyl (C=O) groups is 2. The molecule has 0 fully saturated rings. The summed E-state index contributed by atoms with van der Waals surface area (Å²) in [6, 6.07) is 5.57. The third-order valence-corrected chi connectivity index (χ3v) is 5.10. The van der Waals surface area contributed by atoms with E-state index in [-0.39, 0.29) is 28.5 Å². The van der Waals surface area contributed by atoms with Gasteiger partial charge in [-0.25, -0.2) is 4.39 Å². The molecule has 0 aliphatic carbocycles. The molecule has 6 nitrogen and oxygen atoms in total. The van der Waals surface area contributed by atoms with Gasteiger partial charge in [-0.1, -0.05) is 30.0 Å². The standard InChI is InChI=1S/C15H17FN4O2S2/c1-3-9(2)17-12(21)8-23-15-20-19-14(24-15)13(22)18-11-6-4-10(16)5-7-11/h4-7,9H,3,8H2,1-2H3,(H,17,21)(H,18,22)/t9-/m1/s1. The molecule has 2 amide bonds. The number of nitrogens with zero attached hydrogens (tertiary/aromatic N) is 2. The van der Waals surface area contributed by atoms with Crippen LogP contribution in [0.15, 0.2) is 28.6 Å². The molecule has 1 atom stereocenters. The maximum Gasteiger partial charge on any atom is 0.286 e. The molecular weight excluding hydrogens is 351 g/mol. The molecule has 2 aromatic rings. The highest BCUT2D eigenvalue weighted by Gasteiger charge is 2.15. The Hall–Kier alpha value is -2.00. The van der Waals surface area contributed by atoms with Gasteiger partial charge < -0.3 is 10.6 Å². The van der Waals surface area contributed by atoms with Gasteiger partial charge in [0.1, 0.15) is 5.82 Å². The smallest absolute Gasteiger partial charge is 0.286 e. The van der Waals surface area contributed by atoms with Crippen molar-refractivity contribution >= 4 is 40.6 Å². The first-order chi connectivity index (χ1) is 11.5. The normalized spacial score (nSPS) is 11.8. The van der Waals surface area contributed by atoms with Crippen molar-refractivity contribution in [1.82, 2.24) is 15.5 Å². The van der Waals surface area contributed by atoms with Crippen molar-refractivity contribution in [1.29, 1.82) is 0 Å². The zero-order valence-corrected chi connectivity index (χ0v) is 14.8. The van der Waals surface area contributed by atoms with Gasteiger partial charge in [-0.05, 0) is 37.6 Å². The molecule has 2 rings (SSSR count). The van der Waals surface area contributed by atoms with Gasteiger partial charge in [0.25, 0.3) is 5.91 Å². The SMILES string of the molecule is CC[C@@H](C)NC(=O)CSc1nnc(C(=O)Nc2ccc(F)cc2)s1. The molecule has 2 N–H and O–H groups in total. The molecule has 0 saturated carbocycles. The van der Waals surface area contributed by atoms with E-state index in [4.69, 9.17) is 0 Å². The van der Waals surface area contributed by atoms with Crippen molar-refractivity contribution in [2.24, 2.45) is 0 Å². The molecule has 128 valence electrons. The Morgan fingerprint density at radius 3 is 2.67 bits per heavy atom. The van der Waals surface area contributed by atoms with Gasteiger partial charge in [-0.3, -0.25) is 9.59 Å². The van der Waals surface area contributed by atoms with Crippen LogP contribution >= 0.6 is 23.1 Å². The predicted molar refractivity (Wildman–Crippen MR) is 92.9 cm³/mol. The second kappa shape index (κ2) is 8.74. The molecule has 1 aromatic carbocycles. The lowest BCUT2D eigenvalue weighted by Gasteiger charge is -2.09. The number of aromatic nitrogens is 2. The number of nitrogens with one attached hydrogen (secondary N) is 2. The van der Waals surface area contributed by atoms with Crippen molar-refractivity contribution in [3.63, 3.8) is 0 Å². The highest BCUT2D eigenvalue weighted by molar-refractivity contribution is 8.01. The lowest BCUT2D eigenvalue weighted by Crippen LogP contribution is -2.33. The summed E-state index contributed by atoms with van der Waals surface area (Å²) in [5.41, 5.74) is 0.471. The minimum Gasteiger partial charge on any atom is -0.353 e. The van der Waals surface area contributed by atoms with E-state index in [9.17, 15) is 14.0 Å². The first-order valence-corrected chi connectivity index (χ1v) is 9.10. The first-order valence-electron chi connectivity index (χ1n) is 7.30. The van der Waals surface area contributed by atoms with Crippen LogP contribution < -0.4 is 10.6 Å². The molecule has 24 heavy (non-hydrogen) atoms. The fourth-order valence-electron chi connectivity index (χ4n) is 1.62. The van der Waals surface area contributed by atoms with E-state index in [2.05, 4.69) is 20.8 Å². The number of halogens is 1. The first kappa shape index (κ1) is 18.3. The lowest BCUT2D eigenvalue weighted by atomic mass is 10.3. The van der Waals surface area contributed by atoms with Crippen LogP contribution in [0.1, 0.15) is 30.1 Å². The Labute approximate surface area is 147 Å². The van der Waals surface area contributed by atoms with Crippen molar-refractivity contribution < 1.29 is 14.0 Å². The molecule has 0 aliphatic rings. The minimum atomic E-state index is -0.421. The van der Waals surface area contributed by atoms with E-state index in [1.165, 1.54) is 36.0 Å². The summed E-state index contributed by atoms with van der Waals surface area (Å²) in [5, 5.41) is 13.4. The highest BCUT2D eigenvalue weighted by atomic mass is 32.2. The van der Waals surface area contributed by atoms with Gasteiger partial charge in [0, 0.05) is 11.7 Å². The van der Waals surface area contributed by atoms with Crippen molar-refractivity contribution in [3.8, 4) is 0 Å². The van der Waals surface area contributed by atoms with E-state index >= 15 is 0 Å². The molecule has 0 saturated heterocycles. The molecule has 0 spiro atoms. The van der Waals surface area contributed by atoms with Gasteiger partial charge in [-0.15, -0.1) is 10.2 Å². The third kappa shape index (κ3) is 5.57. The molecule has 0 unspecified atom stereocenters. The zero-order chi connectivity index (χ0) is 17.5. The predicted octanol–water partition coefficient (Wildman–Crippen LogP) is 2.94. The molecular formula is C15H17FN4O2S2. The van der Waals surface area contributed by atoms with E-state index in [1.807, 2.05) is 13.8 Å². The number of rotatable bonds is 7. The Morgan fingerprint density at radius 2 is 2.00 bits per heavy atom. The fourth-order valence-corrected chi connectivity index (χ4v) is 3.18. The van der Waals surface area contributed by atoms with Gasteiger partial charge in [0.05, 0.1) is 5.75 Å².